The molecule has 0 saturated carbocycles. The van der Waals surface area contributed by atoms with E-state index in [1.807, 2.05) is 0 Å². The molecule has 0 N–H and O–H groups in total. The average Bonchev–Trinajstić information content (AvgIpc) is 2.88. The van der Waals surface area contributed by atoms with Gasteiger partial charge in [0.1, 0.15) is 5.60 Å². The molecule has 0 fully saturated rings. The quantitative estimate of drug-likeness (QED) is 0.332. The molecule has 8 nitrogen and oxygen atoms in total. The standard InChI is InChI=1S/C20H21F6N3O5S/c1-18(2,3)33-17(30)28-9-7-14-15(8-10-28)27-29(16(14)34-35(31,32)20(24,25)26)13-6-4-5-12(11-13)19(21,22)23/h4-6,11H,7-10H2,1-3H3. The van der Waals surface area contributed by atoms with Crippen molar-refractivity contribution in [1.82, 2.24) is 14.7 Å². The number of aromatic nitrogens is 2. The third-order valence-corrected chi connectivity index (χ3v) is 5.76. The van der Waals surface area contributed by atoms with E-state index in [0.717, 1.165) is 18.2 Å². The van der Waals surface area contributed by atoms with Gasteiger partial charge in [-0.05, 0) is 45.4 Å². The Morgan fingerprint density at radius 1 is 1.03 bits per heavy atom. The van der Waals surface area contributed by atoms with E-state index in [1.165, 1.54) is 4.90 Å². The van der Waals surface area contributed by atoms with Gasteiger partial charge in [-0.15, -0.1) is 0 Å². The van der Waals surface area contributed by atoms with Crippen molar-refractivity contribution < 1.29 is 48.5 Å². The summed E-state index contributed by atoms with van der Waals surface area (Å²) < 4.78 is 112. The lowest BCUT2D eigenvalue weighted by atomic mass is 10.1. The summed E-state index contributed by atoms with van der Waals surface area (Å²) in [4.78, 5) is 13.7. The molecule has 1 aliphatic rings. The van der Waals surface area contributed by atoms with Crippen molar-refractivity contribution in [1.29, 1.82) is 0 Å². The first-order valence-electron chi connectivity index (χ1n) is 10.2. The third kappa shape index (κ3) is 6.00. The van der Waals surface area contributed by atoms with Crippen LogP contribution in [0.15, 0.2) is 24.3 Å². The fourth-order valence-corrected chi connectivity index (χ4v) is 3.74. The first-order chi connectivity index (χ1) is 15.9. The van der Waals surface area contributed by atoms with Gasteiger partial charge < -0.3 is 13.8 Å². The van der Waals surface area contributed by atoms with Gasteiger partial charge in [-0.1, -0.05) is 6.07 Å². The number of rotatable bonds is 3. The molecule has 0 radical (unpaired) electrons. The predicted octanol–water partition coefficient (Wildman–Crippen LogP) is 4.46. The second kappa shape index (κ2) is 8.91. The summed E-state index contributed by atoms with van der Waals surface area (Å²) in [7, 11) is -6.18. The number of alkyl halides is 6. The Kier molecular flexibility index (Phi) is 6.78. The summed E-state index contributed by atoms with van der Waals surface area (Å²) >= 11 is 0. The molecule has 0 unspecified atom stereocenters. The Labute approximate surface area is 196 Å². The second-order valence-corrected chi connectivity index (χ2v) is 10.2. The summed E-state index contributed by atoms with van der Waals surface area (Å²) in [5, 5.41) is 4.05. The molecule has 1 aromatic carbocycles. The summed E-state index contributed by atoms with van der Waals surface area (Å²) in [6.45, 7) is 4.87. The van der Waals surface area contributed by atoms with E-state index in [9.17, 15) is 39.6 Å². The van der Waals surface area contributed by atoms with Crippen molar-refractivity contribution in [3.05, 3.63) is 41.1 Å². The molecule has 35 heavy (non-hydrogen) atoms. The molecule has 3 rings (SSSR count). The number of hydrogen-bond donors (Lipinski definition) is 0. The van der Waals surface area contributed by atoms with E-state index in [4.69, 9.17) is 4.74 Å². The van der Waals surface area contributed by atoms with Crippen molar-refractivity contribution in [3.8, 4) is 11.6 Å². The zero-order valence-electron chi connectivity index (χ0n) is 18.7. The minimum Gasteiger partial charge on any atom is -0.444 e. The molecule has 194 valence electrons. The van der Waals surface area contributed by atoms with E-state index in [-0.39, 0.29) is 42.9 Å². The Morgan fingerprint density at radius 2 is 1.66 bits per heavy atom. The molecule has 0 atom stereocenters. The van der Waals surface area contributed by atoms with Crippen LogP contribution in [0.5, 0.6) is 5.88 Å². The van der Waals surface area contributed by atoms with E-state index in [0.29, 0.717) is 10.7 Å². The van der Waals surface area contributed by atoms with Gasteiger partial charge >= 0.3 is 27.9 Å². The van der Waals surface area contributed by atoms with Gasteiger partial charge in [0.25, 0.3) is 0 Å². The van der Waals surface area contributed by atoms with Crippen molar-refractivity contribution in [2.75, 3.05) is 13.1 Å². The highest BCUT2D eigenvalue weighted by Gasteiger charge is 2.50. The van der Waals surface area contributed by atoms with Crippen molar-refractivity contribution in [3.63, 3.8) is 0 Å². The minimum absolute atomic E-state index is 0.0208. The molecular formula is C20H21F6N3O5S. The fraction of sp³-hybridized carbons (Fsp3) is 0.500. The highest BCUT2D eigenvalue weighted by atomic mass is 32.2. The van der Waals surface area contributed by atoms with Crippen LogP contribution >= 0.6 is 0 Å². The SMILES string of the molecule is CC(C)(C)OC(=O)N1CCc2nn(-c3cccc(C(F)(F)F)c3)c(OS(=O)(=O)C(F)(F)F)c2CC1. The summed E-state index contributed by atoms with van der Waals surface area (Å²) in [5.74, 6) is -0.900. The maximum atomic E-state index is 13.2. The number of halogens is 6. The molecule has 0 spiro atoms. The zero-order valence-corrected chi connectivity index (χ0v) is 19.5. The molecule has 1 aliphatic heterocycles. The number of hydrogen-bond acceptors (Lipinski definition) is 6. The summed E-state index contributed by atoms with van der Waals surface area (Å²) in [6, 6.07) is 3.45. The summed E-state index contributed by atoms with van der Waals surface area (Å²) in [6.07, 6.45) is -5.69. The zero-order chi connectivity index (χ0) is 26.4. The van der Waals surface area contributed by atoms with Crippen LogP contribution in [0.3, 0.4) is 0 Å². The van der Waals surface area contributed by atoms with Crippen LogP contribution in [-0.2, 0) is 33.9 Å². The number of carbonyl (C=O) groups excluding carboxylic acids is 1. The van der Waals surface area contributed by atoms with Crippen LogP contribution in [0, 0.1) is 0 Å². The van der Waals surface area contributed by atoms with Crippen LogP contribution in [0.1, 0.15) is 37.6 Å². The van der Waals surface area contributed by atoms with Crippen LogP contribution in [0.4, 0.5) is 31.1 Å². The van der Waals surface area contributed by atoms with E-state index < -0.39 is 44.9 Å². The Hall–Kier alpha value is -2.97. The normalized spacial score (nSPS) is 15.4. The van der Waals surface area contributed by atoms with Gasteiger partial charge in [-0.25, -0.2) is 4.79 Å². The van der Waals surface area contributed by atoms with Crippen LogP contribution in [0.25, 0.3) is 5.69 Å². The summed E-state index contributed by atoms with van der Waals surface area (Å²) in [5.41, 5.74) is -8.10. The van der Waals surface area contributed by atoms with Crippen LogP contribution in [0.2, 0.25) is 0 Å². The van der Waals surface area contributed by atoms with E-state index in [2.05, 4.69) is 9.28 Å². The molecule has 1 aromatic heterocycles. The molecule has 15 heteroatoms. The third-order valence-electron chi connectivity index (χ3n) is 4.81. The lowest BCUT2D eigenvalue weighted by molar-refractivity contribution is -0.137. The van der Waals surface area contributed by atoms with Gasteiger partial charge in [-0.2, -0.15) is 44.5 Å². The first-order valence-corrected chi connectivity index (χ1v) is 11.6. The van der Waals surface area contributed by atoms with Gasteiger partial charge in [0, 0.05) is 25.1 Å². The molecule has 1 amide bonds. The topological polar surface area (TPSA) is 90.7 Å². The van der Waals surface area contributed by atoms with E-state index in [1.54, 1.807) is 20.8 Å². The van der Waals surface area contributed by atoms with Gasteiger partial charge in [-0.3, -0.25) is 0 Å². The molecule has 0 saturated heterocycles. The van der Waals surface area contributed by atoms with Crippen molar-refractivity contribution in [2.24, 2.45) is 0 Å². The number of nitrogens with zero attached hydrogens (tertiary/aromatic N) is 3. The largest absolute Gasteiger partial charge is 0.534 e. The van der Waals surface area contributed by atoms with E-state index >= 15 is 0 Å². The van der Waals surface area contributed by atoms with Crippen molar-refractivity contribution in [2.45, 2.75) is 50.9 Å². The Balaban J connectivity index is 2.06. The molecule has 2 heterocycles. The second-order valence-electron chi connectivity index (χ2n) is 8.64. The molecule has 2 aromatic rings. The fourth-order valence-electron chi connectivity index (χ4n) is 3.26. The highest BCUT2D eigenvalue weighted by molar-refractivity contribution is 7.88. The predicted molar refractivity (Wildman–Crippen MR) is 109 cm³/mol. The number of amides is 1. The van der Waals surface area contributed by atoms with Gasteiger partial charge in [0.05, 0.1) is 16.9 Å². The highest BCUT2D eigenvalue weighted by Crippen LogP contribution is 2.36. The number of benzene rings is 1. The smallest absolute Gasteiger partial charge is 0.444 e. The van der Waals surface area contributed by atoms with Crippen molar-refractivity contribution >= 4 is 16.2 Å². The molecular weight excluding hydrogens is 508 g/mol. The maximum Gasteiger partial charge on any atom is 0.534 e. The van der Waals surface area contributed by atoms with Crippen LogP contribution < -0.4 is 4.18 Å². The Bertz CT molecular complexity index is 1220. The number of fused-ring (bicyclic) bond motifs is 1. The number of ether oxygens (including phenoxy) is 1. The van der Waals surface area contributed by atoms with Gasteiger partial charge in [0.15, 0.2) is 0 Å². The molecule has 0 bridgehead atoms. The Morgan fingerprint density at radius 3 is 2.23 bits per heavy atom. The lowest BCUT2D eigenvalue weighted by Gasteiger charge is -2.26. The van der Waals surface area contributed by atoms with Gasteiger partial charge in [0.2, 0.25) is 5.88 Å². The number of carbonyl (C=O) groups is 1. The monoisotopic (exact) mass is 529 g/mol. The maximum absolute atomic E-state index is 13.2. The average molecular weight is 529 g/mol. The minimum atomic E-state index is -6.18. The lowest BCUT2D eigenvalue weighted by Crippen LogP contribution is -2.38. The van der Waals surface area contributed by atoms with Crippen LogP contribution in [-0.4, -0.2) is 53.4 Å². The molecule has 0 aliphatic carbocycles. The first kappa shape index (κ1) is 26.6.